The van der Waals surface area contributed by atoms with Gasteiger partial charge in [0.15, 0.2) is 0 Å². The normalized spacial score (nSPS) is 23.9. The Morgan fingerprint density at radius 2 is 1.54 bits per heavy atom. The maximum atomic E-state index is 2.72. The van der Waals surface area contributed by atoms with Gasteiger partial charge in [-0.3, -0.25) is 9.80 Å². The number of rotatable bonds is 4. The minimum atomic E-state index is 0.917. The van der Waals surface area contributed by atoms with Crippen molar-refractivity contribution in [3.05, 3.63) is 41.0 Å². The molecule has 2 nitrogen and oxygen atoms in total. The molecular formula is C22H32N2. The minimum Gasteiger partial charge on any atom is -0.300 e. The van der Waals surface area contributed by atoms with Crippen molar-refractivity contribution in [1.29, 1.82) is 0 Å². The van der Waals surface area contributed by atoms with Gasteiger partial charge < -0.3 is 0 Å². The predicted molar refractivity (Wildman–Crippen MR) is 102 cm³/mol. The first-order chi connectivity index (χ1) is 11.9. The summed E-state index contributed by atoms with van der Waals surface area (Å²) in [6, 6.07) is 10.2. The van der Waals surface area contributed by atoms with Gasteiger partial charge in [0.2, 0.25) is 0 Å². The van der Waals surface area contributed by atoms with Crippen LogP contribution in [-0.2, 0) is 6.54 Å². The number of hydrogen-bond donors (Lipinski definition) is 0. The summed E-state index contributed by atoms with van der Waals surface area (Å²) in [5.74, 6) is 0. The summed E-state index contributed by atoms with van der Waals surface area (Å²) in [5.41, 5.74) is 4.51. The molecule has 2 saturated heterocycles. The third-order valence-corrected chi connectivity index (χ3v) is 6.24. The molecule has 1 aromatic rings. The van der Waals surface area contributed by atoms with E-state index in [1.54, 1.807) is 5.57 Å². The van der Waals surface area contributed by atoms with Crippen LogP contribution in [0.15, 0.2) is 29.8 Å². The molecule has 0 unspecified atom stereocenters. The maximum Gasteiger partial charge on any atom is 0.0233 e. The van der Waals surface area contributed by atoms with E-state index in [-0.39, 0.29) is 0 Å². The topological polar surface area (TPSA) is 6.48 Å². The summed E-state index contributed by atoms with van der Waals surface area (Å²) in [6.45, 7) is 6.26. The number of nitrogens with zero attached hydrogens (tertiary/aromatic N) is 2. The smallest absolute Gasteiger partial charge is 0.0233 e. The van der Waals surface area contributed by atoms with E-state index in [1.165, 1.54) is 88.7 Å². The first-order valence-corrected chi connectivity index (χ1v) is 10.1. The van der Waals surface area contributed by atoms with Crippen molar-refractivity contribution in [2.45, 2.75) is 64.0 Å². The van der Waals surface area contributed by atoms with Crippen LogP contribution in [0, 0.1) is 0 Å². The monoisotopic (exact) mass is 324 g/mol. The van der Waals surface area contributed by atoms with Gasteiger partial charge in [0.05, 0.1) is 0 Å². The molecule has 24 heavy (non-hydrogen) atoms. The molecule has 3 aliphatic rings. The fourth-order valence-electron chi connectivity index (χ4n) is 4.40. The molecular weight excluding hydrogens is 292 g/mol. The van der Waals surface area contributed by atoms with Crippen LogP contribution >= 0.6 is 0 Å². The molecule has 0 spiro atoms. The van der Waals surface area contributed by atoms with Crippen molar-refractivity contribution in [3.8, 4) is 0 Å². The lowest BCUT2D eigenvalue weighted by atomic mass is 9.89. The number of piperidine rings is 2. The van der Waals surface area contributed by atoms with Crippen LogP contribution in [0.2, 0.25) is 0 Å². The Bertz CT molecular complexity index is 540. The van der Waals surface area contributed by atoms with Crippen LogP contribution in [0.25, 0.3) is 6.08 Å². The average molecular weight is 325 g/mol. The molecule has 1 saturated carbocycles. The van der Waals surface area contributed by atoms with Gasteiger partial charge in [-0.2, -0.15) is 0 Å². The van der Waals surface area contributed by atoms with E-state index < -0.39 is 0 Å². The number of likely N-dealkylation sites (tertiary alicyclic amines) is 2. The Morgan fingerprint density at radius 3 is 2.17 bits per heavy atom. The van der Waals surface area contributed by atoms with Gasteiger partial charge in [-0.05, 0) is 62.7 Å². The van der Waals surface area contributed by atoms with E-state index >= 15 is 0 Å². The van der Waals surface area contributed by atoms with Gasteiger partial charge in [0.1, 0.15) is 0 Å². The summed E-state index contributed by atoms with van der Waals surface area (Å²) in [6.07, 6.45) is 13.5. The Hall–Kier alpha value is -1.12. The Balaban J connectivity index is 1.30. The van der Waals surface area contributed by atoms with Gasteiger partial charge in [0.25, 0.3) is 0 Å². The van der Waals surface area contributed by atoms with Crippen LogP contribution in [0.4, 0.5) is 0 Å². The van der Waals surface area contributed by atoms with E-state index in [0.29, 0.717) is 0 Å². The zero-order valence-corrected chi connectivity index (χ0v) is 15.1. The van der Waals surface area contributed by atoms with Crippen LogP contribution in [-0.4, -0.2) is 42.0 Å². The molecule has 1 aliphatic carbocycles. The Morgan fingerprint density at radius 1 is 0.833 bits per heavy atom. The maximum absolute atomic E-state index is 2.72. The zero-order chi connectivity index (χ0) is 16.2. The van der Waals surface area contributed by atoms with Crippen LogP contribution < -0.4 is 0 Å². The number of benzene rings is 1. The number of hydrogen-bond acceptors (Lipinski definition) is 2. The fraction of sp³-hybridized carbons (Fsp3) is 0.636. The third-order valence-electron chi connectivity index (χ3n) is 6.24. The molecule has 2 aliphatic heterocycles. The highest BCUT2D eigenvalue weighted by Crippen LogP contribution is 2.29. The second kappa shape index (κ2) is 7.84. The molecule has 0 atom stereocenters. The molecule has 2 heteroatoms. The second-order valence-electron chi connectivity index (χ2n) is 8.00. The van der Waals surface area contributed by atoms with Crippen molar-refractivity contribution < 1.29 is 0 Å². The average Bonchev–Trinajstić information content (AvgIpc) is 2.58. The molecule has 0 bridgehead atoms. The molecule has 0 radical (unpaired) electrons. The third kappa shape index (κ3) is 4.10. The van der Waals surface area contributed by atoms with E-state index in [9.17, 15) is 0 Å². The van der Waals surface area contributed by atoms with E-state index in [1.807, 2.05) is 0 Å². The fourth-order valence-corrected chi connectivity index (χ4v) is 4.40. The second-order valence-corrected chi connectivity index (χ2v) is 8.00. The SMILES string of the molecule is C(=C1CCN(C2CCC2)CC1)c1ccc(CN2CCCCC2)cc1. The van der Waals surface area contributed by atoms with Gasteiger partial charge in [-0.1, -0.05) is 48.8 Å². The van der Waals surface area contributed by atoms with Crippen LogP contribution in [0.3, 0.4) is 0 Å². The molecule has 1 aromatic carbocycles. The van der Waals surface area contributed by atoms with Crippen molar-refractivity contribution >= 4 is 6.08 Å². The largest absolute Gasteiger partial charge is 0.300 e. The molecule has 2 heterocycles. The minimum absolute atomic E-state index is 0.917. The lowest BCUT2D eigenvalue weighted by Crippen LogP contribution is -2.43. The van der Waals surface area contributed by atoms with Gasteiger partial charge in [-0.15, -0.1) is 0 Å². The van der Waals surface area contributed by atoms with Crippen molar-refractivity contribution in [3.63, 3.8) is 0 Å². The Labute approximate surface area is 147 Å². The molecule has 3 fully saturated rings. The Kier molecular flexibility index (Phi) is 5.34. The lowest BCUT2D eigenvalue weighted by molar-refractivity contribution is 0.118. The highest BCUT2D eigenvalue weighted by Gasteiger charge is 2.26. The quantitative estimate of drug-likeness (QED) is 0.792. The zero-order valence-electron chi connectivity index (χ0n) is 15.1. The van der Waals surface area contributed by atoms with E-state index in [0.717, 1.165) is 12.6 Å². The highest BCUT2D eigenvalue weighted by atomic mass is 15.2. The summed E-state index contributed by atoms with van der Waals surface area (Å²) in [7, 11) is 0. The van der Waals surface area contributed by atoms with Gasteiger partial charge in [0, 0.05) is 25.7 Å². The summed E-state index contributed by atoms with van der Waals surface area (Å²) >= 11 is 0. The van der Waals surface area contributed by atoms with E-state index in [4.69, 9.17) is 0 Å². The lowest BCUT2D eigenvalue weighted by Gasteiger charge is -2.40. The van der Waals surface area contributed by atoms with Crippen molar-refractivity contribution in [2.75, 3.05) is 26.2 Å². The molecule has 130 valence electrons. The first-order valence-electron chi connectivity index (χ1n) is 10.1. The van der Waals surface area contributed by atoms with E-state index in [2.05, 4.69) is 40.1 Å². The van der Waals surface area contributed by atoms with Crippen molar-refractivity contribution in [1.82, 2.24) is 9.80 Å². The molecule has 0 N–H and O–H groups in total. The molecule has 0 amide bonds. The molecule has 0 aromatic heterocycles. The molecule has 4 rings (SSSR count). The van der Waals surface area contributed by atoms with Gasteiger partial charge >= 0.3 is 0 Å². The highest BCUT2D eigenvalue weighted by molar-refractivity contribution is 5.53. The summed E-state index contributed by atoms with van der Waals surface area (Å²) in [5, 5.41) is 0. The van der Waals surface area contributed by atoms with Crippen LogP contribution in [0.1, 0.15) is 62.5 Å². The summed E-state index contributed by atoms with van der Waals surface area (Å²) in [4.78, 5) is 5.33. The van der Waals surface area contributed by atoms with Gasteiger partial charge in [-0.25, -0.2) is 0 Å². The predicted octanol–water partition coefficient (Wildman–Crippen LogP) is 4.70. The summed E-state index contributed by atoms with van der Waals surface area (Å²) < 4.78 is 0. The first kappa shape index (κ1) is 16.4. The van der Waals surface area contributed by atoms with Crippen LogP contribution in [0.5, 0.6) is 0 Å². The van der Waals surface area contributed by atoms with Crippen molar-refractivity contribution in [2.24, 2.45) is 0 Å². The standard InChI is InChI=1S/C22H32N2/c1-2-13-23(14-3-1)18-21-9-7-19(8-10-21)17-20-11-15-24(16-12-20)22-5-4-6-22/h7-10,17,22H,1-6,11-16,18H2.